The van der Waals surface area contributed by atoms with Crippen LogP contribution >= 0.6 is 0 Å². The van der Waals surface area contributed by atoms with Gasteiger partial charge in [-0.25, -0.2) is 4.39 Å². The number of hydrogen-bond acceptors (Lipinski definition) is 3. The molecule has 2 aliphatic heterocycles. The van der Waals surface area contributed by atoms with Crippen LogP contribution in [0, 0.1) is 11.2 Å². The zero-order chi connectivity index (χ0) is 22.3. The first-order chi connectivity index (χ1) is 14.6. The molecule has 0 aromatic heterocycles. The summed E-state index contributed by atoms with van der Waals surface area (Å²) in [7, 11) is 0. The van der Waals surface area contributed by atoms with E-state index in [1.165, 1.54) is 12.1 Å². The molecule has 6 heteroatoms. The molecule has 1 fully saturated rings. The number of fused-ring (bicyclic) bond motifs is 2. The lowest BCUT2D eigenvalue weighted by Gasteiger charge is -2.40. The summed E-state index contributed by atoms with van der Waals surface area (Å²) >= 11 is 0. The first-order valence-electron chi connectivity index (χ1n) is 10.6. The molecule has 1 saturated heterocycles. The summed E-state index contributed by atoms with van der Waals surface area (Å²) in [5.74, 6) is -0.526. The fourth-order valence-electron chi connectivity index (χ4n) is 4.31. The highest BCUT2D eigenvalue weighted by Gasteiger charge is 2.40. The van der Waals surface area contributed by atoms with Crippen LogP contribution in [0.3, 0.4) is 0 Å². The second-order valence-corrected chi connectivity index (χ2v) is 9.61. The third kappa shape index (κ3) is 4.38. The fraction of sp³-hybridized carbons (Fsp3) is 0.400. The molecular formula is C25H27FN2O3. The maximum atomic E-state index is 13.4. The number of rotatable bonds is 2. The van der Waals surface area contributed by atoms with Gasteiger partial charge in [-0.3, -0.25) is 14.4 Å². The van der Waals surface area contributed by atoms with Crippen LogP contribution in [-0.4, -0.2) is 53.1 Å². The van der Waals surface area contributed by atoms with E-state index in [-0.39, 0.29) is 41.8 Å². The number of halogens is 1. The predicted molar refractivity (Wildman–Crippen MR) is 116 cm³/mol. The van der Waals surface area contributed by atoms with Gasteiger partial charge in [0, 0.05) is 38.0 Å². The summed E-state index contributed by atoms with van der Waals surface area (Å²) in [4.78, 5) is 42.4. The van der Waals surface area contributed by atoms with E-state index in [0.717, 1.165) is 11.1 Å². The van der Waals surface area contributed by atoms with Gasteiger partial charge in [-0.05, 0) is 40.3 Å². The number of ketones is 1. The molecule has 2 amide bonds. The van der Waals surface area contributed by atoms with Crippen molar-refractivity contribution in [2.45, 2.75) is 39.7 Å². The minimum Gasteiger partial charge on any atom is -0.338 e. The highest BCUT2D eigenvalue weighted by molar-refractivity contribution is 6.04. The number of nitrogens with zero attached hydrogens (tertiary/aromatic N) is 2. The average Bonchev–Trinajstić information content (AvgIpc) is 2.82. The predicted octanol–water partition coefficient (Wildman–Crippen LogP) is 3.71. The number of piperazine rings is 1. The van der Waals surface area contributed by atoms with Gasteiger partial charge in [-0.15, -0.1) is 0 Å². The van der Waals surface area contributed by atoms with E-state index in [0.29, 0.717) is 30.6 Å². The Hall–Kier alpha value is -3.02. The lowest BCUT2D eigenvalue weighted by molar-refractivity contribution is -0.137. The Balaban J connectivity index is 1.60. The molecule has 2 aromatic carbocycles. The molecule has 1 unspecified atom stereocenters. The molecule has 4 rings (SSSR count). The Morgan fingerprint density at radius 3 is 2.39 bits per heavy atom. The lowest BCUT2D eigenvalue weighted by atomic mass is 9.91. The number of hydrogen-bond donors (Lipinski definition) is 0. The van der Waals surface area contributed by atoms with Crippen molar-refractivity contribution in [1.82, 2.24) is 9.80 Å². The fourth-order valence-corrected chi connectivity index (χ4v) is 4.31. The van der Waals surface area contributed by atoms with Crippen molar-refractivity contribution in [3.05, 3.63) is 59.4 Å². The minimum atomic E-state index is -0.619. The average molecular weight is 423 g/mol. The summed E-state index contributed by atoms with van der Waals surface area (Å²) < 4.78 is 13.3. The third-order valence-electron chi connectivity index (χ3n) is 5.93. The highest BCUT2D eigenvalue weighted by atomic mass is 19.1. The van der Waals surface area contributed by atoms with Gasteiger partial charge in [-0.1, -0.05) is 45.0 Å². The molecule has 0 radical (unpaired) electrons. The van der Waals surface area contributed by atoms with Crippen molar-refractivity contribution >= 4 is 17.6 Å². The van der Waals surface area contributed by atoms with E-state index in [1.54, 1.807) is 28.0 Å². The number of benzene rings is 2. The van der Waals surface area contributed by atoms with E-state index in [1.807, 2.05) is 32.9 Å². The van der Waals surface area contributed by atoms with Gasteiger partial charge < -0.3 is 9.80 Å². The second-order valence-electron chi connectivity index (χ2n) is 9.61. The summed E-state index contributed by atoms with van der Waals surface area (Å²) in [6.45, 7) is 7.05. The third-order valence-corrected chi connectivity index (χ3v) is 5.93. The van der Waals surface area contributed by atoms with Crippen LogP contribution in [0.2, 0.25) is 0 Å². The standard InChI is InChI=1S/C25H27FN2O3/c1-25(2,3)14-23(30)27-10-11-28-21(15-27)22(29)13-18-5-4-17(12-20(18)24(28)31)16-6-8-19(26)9-7-16/h4-9,12,21H,10-11,13-15H2,1-3H3. The molecular weight excluding hydrogens is 395 g/mol. The van der Waals surface area contributed by atoms with Crippen LogP contribution in [-0.2, 0) is 16.0 Å². The summed E-state index contributed by atoms with van der Waals surface area (Å²) in [6.07, 6.45) is 0.566. The molecule has 1 atom stereocenters. The number of amides is 2. The molecule has 5 nitrogen and oxygen atoms in total. The Morgan fingerprint density at radius 2 is 1.71 bits per heavy atom. The monoisotopic (exact) mass is 422 g/mol. The van der Waals surface area contributed by atoms with Gasteiger partial charge >= 0.3 is 0 Å². The molecule has 0 aliphatic carbocycles. The van der Waals surface area contributed by atoms with E-state index in [9.17, 15) is 18.8 Å². The molecule has 0 bridgehead atoms. The van der Waals surface area contributed by atoms with Crippen molar-refractivity contribution in [3.63, 3.8) is 0 Å². The molecule has 2 aliphatic rings. The largest absolute Gasteiger partial charge is 0.338 e. The van der Waals surface area contributed by atoms with Crippen molar-refractivity contribution in [3.8, 4) is 11.1 Å². The smallest absolute Gasteiger partial charge is 0.254 e. The number of carbonyl (C=O) groups excluding carboxylic acids is 3. The van der Waals surface area contributed by atoms with Crippen molar-refractivity contribution in [2.24, 2.45) is 5.41 Å². The highest BCUT2D eigenvalue weighted by Crippen LogP contribution is 2.29. The molecule has 0 spiro atoms. The summed E-state index contributed by atoms with van der Waals surface area (Å²) in [6, 6.07) is 11.0. The van der Waals surface area contributed by atoms with E-state index in [4.69, 9.17) is 0 Å². The maximum absolute atomic E-state index is 13.4. The van der Waals surface area contributed by atoms with Crippen molar-refractivity contribution in [2.75, 3.05) is 19.6 Å². The Labute approximate surface area is 181 Å². The maximum Gasteiger partial charge on any atom is 0.254 e. The van der Waals surface area contributed by atoms with Gasteiger partial charge in [0.1, 0.15) is 11.9 Å². The Bertz CT molecular complexity index is 1040. The first kappa shape index (κ1) is 21.2. The zero-order valence-electron chi connectivity index (χ0n) is 18.2. The van der Waals surface area contributed by atoms with Gasteiger partial charge in [0.2, 0.25) is 5.91 Å². The quantitative estimate of drug-likeness (QED) is 0.741. The SMILES string of the molecule is CC(C)(C)CC(=O)N1CCN2C(=O)c3cc(-c4ccc(F)cc4)ccc3CC(=O)C2C1. The number of carbonyl (C=O) groups is 3. The lowest BCUT2D eigenvalue weighted by Crippen LogP contribution is -2.59. The molecule has 0 N–H and O–H groups in total. The topological polar surface area (TPSA) is 57.7 Å². The van der Waals surface area contributed by atoms with E-state index in [2.05, 4.69) is 0 Å². The van der Waals surface area contributed by atoms with Gasteiger partial charge in [0.05, 0.1) is 0 Å². The zero-order valence-corrected chi connectivity index (χ0v) is 18.2. The summed E-state index contributed by atoms with van der Waals surface area (Å²) in [5.41, 5.74) is 2.68. The van der Waals surface area contributed by atoms with E-state index >= 15 is 0 Å². The van der Waals surface area contributed by atoms with Crippen molar-refractivity contribution < 1.29 is 18.8 Å². The van der Waals surface area contributed by atoms with E-state index < -0.39 is 6.04 Å². The Morgan fingerprint density at radius 1 is 1.03 bits per heavy atom. The van der Waals surface area contributed by atoms with Crippen LogP contribution in [0.1, 0.15) is 43.1 Å². The van der Waals surface area contributed by atoms with Crippen molar-refractivity contribution in [1.29, 1.82) is 0 Å². The second kappa shape index (κ2) is 7.91. The summed E-state index contributed by atoms with van der Waals surface area (Å²) in [5, 5.41) is 0. The van der Waals surface area contributed by atoms with Gasteiger partial charge in [0.15, 0.2) is 5.78 Å². The van der Waals surface area contributed by atoms with Crippen LogP contribution in [0.25, 0.3) is 11.1 Å². The molecule has 0 saturated carbocycles. The normalized spacial score (nSPS) is 19.0. The first-order valence-corrected chi connectivity index (χ1v) is 10.6. The molecule has 2 heterocycles. The minimum absolute atomic E-state index is 0.0211. The van der Waals surface area contributed by atoms with Gasteiger partial charge in [-0.2, -0.15) is 0 Å². The van der Waals surface area contributed by atoms with Crippen LogP contribution in [0.15, 0.2) is 42.5 Å². The Kier molecular flexibility index (Phi) is 5.42. The van der Waals surface area contributed by atoms with Crippen LogP contribution in [0.4, 0.5) is 4.39 Å². The van der Waals surface area contributed by atoms with Crippen LogP contribution in [0.5, 0.6) is 0 Å². The molecule has 162 valence electrons. The molecule has 31 heavy (non-hydrogen) atoms. The van der Waals surface area contributed by atoms with Crippen LogP contribution < -0.4 is 0 Å². The van der Waals surface area contributed by atoms with Gasteiger partial charge in [0.25, 0.3) is 5.91 Å². The molecule has 2 aromatic rings. The number of Topliss-reactive ketones (excluding diaryl/α,β-unsaturated/α-hetero) is 1.